The molecule has 0 radical (unpaired) electrons. The predicted molar refractivity (Wildman–Crippen MR) is 106 cm³/mol. The highest BCUT2D eigenvalue weighted by atomic mass is 16.3. The van der Waals surface area contributed by atoms with E-state index in [1.807, 2.05) is 62.4 Å². The van der Waals surface area contributed by atoms with Crippen molar-refractivity contribution >= 4 is 5.91 Å². The van der Waals surface area contributed by atoms with Crippen molar-refractivity contribution in [3.63, 3.8) is 0 Å². The van der Waals surface area contributed by atoms with Crippen LogP contribution in [-0.2, 0) is 0 Å². The third-order valence-corrected chi connectivity index (χ3v) is 4.34. The van der Waals surface area contributed by atoms with Gasteiger partial charge in [0.1, 0.15) is 0 Å². The fraction of sp³-hybridized carbons (Fsp3) is 0.227. The summed E-state index contributed by atoms with van der Waals surface area (Å²) in [5.41, 5.74) is 3.72. The molecule has 2 aromatic heterocycles. The number of nitrogens with one attached hydrogen (secondary N) is 1. The van der Waals surface area contributed by atoms with E-state index < -0.39 is 0 Å². The van der Waals surface area contributed by atoms with Gasteiger partial charge in [0.15, 0.2) is 0 Å². The zero-order valence-corrected chi connectivity index (χ0v) is 15.5. The van der Waals surface area contributed by atoms with E-state index in [9.17, 15) is 9.90 Å². The zero-order chi connectivity index (χ0) is 19.3. The fourth-order valence-electron chi connectivity index (χ4n) is 2.64. The molecule has 3 rings (SSSR count). The van der Waals surface area contributed by atoms with Crippen LogP contribution in [0.2, 0.25) is 0 Å². The van der Waals surface area contributed by atoms with Crippen LogP contribution in [0.5, 0.6) is 0 Å². The summed E-state index contributed by atoms with van der Waals surface area (Å²) in [6.45, 7) is 4.17. The number of aromatic nitrogens is 2. The van der Waals surface area contributed by atoms with Crippen molar-refractivity contribution in [1.29, 1.82) is 0 Å². The van der Waals surface area contributed by atoms with E-state index in [0.29, 0.717) is 12.1 Å². The van der Waals surface area contributed by atoms with Crippen LogP contribution in [0.15, 0.2) is 67.1 Å². The van der Waals surface area contributed by atoms with Crippen LogP contribution < -0.4 is 5.32 Å². The topological polar surface area (TPSA) is 75.1 Å². The van der Waals surface area contributed by atoms with Crippen LogP contribution >= 0.6 is 0 Å². The molecule has 0 aliphatic carbocycles. The summed E-state index contributed by atoms with van der Waals surface area (Å²) in [5, 5.41) is 12.2. The van der Waals surface area contributed by atoms with Gasteiger partial charge in [-0.2, -0.15) is 0 Å². The lowest BCUT2D eigenvalue weighted by Crippen LogP contribution is -2.36. The first-order valence-electron chi connectivity index (χ1n) is 8.85. The Hall–Kier alpha value is -3.05. The van der Waals surface area contributed by atoms with Gasteiger partial charge in [0.05, 0.1) is 11.3 Å². The molecule has 0 aliphatic heterocycles. The van der Waals surface area contributed by atoms with Gasteiger partial charge < -0.3 is 10.4 Å². The van der Waals surface area contributed by atoms with Crippen LogP contribution in [0.4, 0.5) is 0 Å². The number of amides is 1. The molecule has 5 heteroatoms. The van der Waals surface area contributed by atoms with Crippen molar-refractivity contribution < 1.29 is 9.90 Å². The molecule has 1 amide bonds. The summed E-state index contributed by atoms with van der Waals surface area (Å²) < 4.78 is 0. The molecule has 27 heavy (non-hydrogen) atoms. The molecule has 2 N–H and O–H groups in total. The SMILES string of the molecule is CC(C)(CO)CNC(=O)c1cnc(-c2ccccc2)c(-c2ccncc2)c1. The molecule has 0 bridgehead atoms. The Balaban J connectivity index is 1.98. The van der Waals surface area contributed by atoms with Gasteiger partial charge in [0.25, 0.3) is 5.91 Å². The molecular weight excluding hydrogens is 338 g/mol. The Morgan fingerprint density at radius 3 is 2.44 bits per heavy atom. The first kappa shape index (κ1) is 18.7. The number of nitrogens with zero attached hydrogens (tertiary/aromatic N) is 2. The average molecular weight is 361 g/mol. The molecule has 5 nitrogen and oxygen atoms in total. The summed E-state index contributed by atoms with van der Waals surface area (Å²) in [6, 6.07) is 15.5. The van der Waals surface area contributed by atoms with Gasteiger partial charge in [-0.1, -0.05) is 44.2 Å². The number of carbonyl (C=O) groups is 1. The molecule has 2 heterocycles. The number of rotatable bonds is 6. The van der Waals surface area contributed by atoms with E-state index in [2.05, 4.69) is 15.3 Å². The number of hydrogen-bond donors (Lipinski definition) is 2. The lowest BCUT2D eigenvalue weighted by Gasteiger charge is -2.22. The second kappa shape index (κ2) is 8.10. The molecule has 0 spiro atoms. The average Bonchev–Trinajstić information content (AvgIpc) is 2.73. The molecule has 0 atom stereocenters. The summed E-state index contributed by atoms with van der Waals surface area (Å²) in [5.74, 6) is -0.209. The third kappa shape index (κ3) is 4.57. The highest BCUT2D eigenvalue weighted by Gasteiger charge is 2.19. The quantitative estimate of drug-likeness (QED) is 0.704. The predicted octanol–water partition coefficient (Wildman–Crippen LogP) is 3.56. The van der Waals surface area contributed by atoms with E-state index >= 15 is 0 Å². The minimum Gasteiger partial charge on any atom is -0.396 e. The van der Waals surface area contributed by atoms with Gasteiger partial charge >= 0.3 is 0 Å². The Labute approximate surface area is 159 Å². The zero-order valence-electron chi connectivity index (χ0n) is 15.5. The van der Waals surface area contributed by atoms with E-state index in [1.165, 1.54) is 0 Å². The molecule has 3 aromatic rings. The van der Waals surface area contributed by atoms with E-state index in [-0.39, 0.29) is 17.9 Å². The Bertz CT molecular complexity index is 909. The number of benzene rings is 1. The summed E-state index contributed by atoms with van der Waals surface area (Å²) in [6.07, 6.45) is 5.04. The van der Waals surface area contributed by atoms with Crippen LogP contribution in [-0.4, -0.2) is 34.1 Å². The molecule has 0 unspecified atom stereocenters. The number of hydrogen-bond acceptors (Lipinski definition) is 4. The van der Waals surface area contributed by atoms with Crippen molar-refractivity contribution in [1.82, 2.24) is 15.3 Å². The number of aliphatic hydroxyl groups excluding tert-OH is 1. The Morgan fingerprint density at radius 2 is 1.78 bits per heavy atom. The summed E-state index contributed by atoms with van der Waals surface area (Å²) in [4.78, 5) is 21.2. The van der Waals surface area contributed by atoms with Gasteiger partial charge in [0, 0.05) is 48.3 Å². The van der Waals surface area contributed by atoms with Crippen molar-refractivity contribution in [2.24, 2.45) is 5.41 Å². The van der Waals surface area contributed by atoms with Crippen molar-refractivity contribution in [3.8, 4) is 22.4 Å². The minimum absolute atomic E-state index is 0.000734. The van der Waals surface area contributed by atoms with E-state index in [1.54, 1.807) is 18.6 Å². The maximum atomic E-state index is 12.6. The summed E-state index contributed by atoms with van der Waals surface area (Å²) in [7, 11) is 0. The van der Waals surface area contributed by atoms with Gasteiger partial charge in [-0.15, -0.1) is 0 Å². The molecule has 138 valence electrons. The normalized spacial score (nSPS) is 11.2. The minimum atomic E-state index is -0.374. The maximum absolute atomic E-state index is 12.6. The molecule has 0 saturated heterocycles. The highest BCUT2D eigenvalue weighted by molar-refractivity contribution is 5.96. The van der Waals surface area contributed by atoms with Gasteiger partial charge in [-0.05, 0) is 23.8 Å². The summed E-state index contributed by atoms with van der Waals surface area (Å²) >= 11 is 0. The van der Waals surface area contributed by atoms with Crippen LogP contribution in [0.25, 0.3) is 22.4 Å². The third-order valence-electron chi connectivity index (χ3n) is 4.34. The number of carbonyl (C=O) groups excluding carboxylic acids is 1. The standard InChI is InChI=1S/C22H23N3O2/c1-22(2,15-26)14-25-21(27)18-12-19(16-8-10-23-11-9-16)20(24-13-18)17-6-4-3-5-7-17/h3-13,26H,14-15H2,1-2H3,(H,25,27). The lowest BCUT2D eigenvalue weighted by molar-refractivity contribution is 0.0910. The molecule has 0 saturated carbocycles. The fourth-order valence-corrected chi connectivity index (χ4v) is 2.64. The Morgan fingerprint density at radius 1 is 1.07 bits per heavy atom. The number of aliphatic hydroxyl groups is 1. The Kier molecular flexibility index (Phi) is 5.62. The van der Waals surface area contributed by atoms with Gasteiger partial charge in [0.2, 0.25) is 0 Å². The van der Waals surface area contributed by atoms with E-state index in [4.69, 9.17) is 0 Å². The van der Waals surface area contributed by atoms with Crippen LogP contribution in [0.1, 0.15) is 24.2 Å². The molecular formula is C22H23N3O2. The second-order valence-electron chi connectivity index (χ2n) is 7.23. The molecule has 1 aromatic carbocycles. The monoisotopic (exact) mass is 361 g/mol. The van der Waals surface area contributed by atoms with E-state index in [0.717, 1.165) is 22.4 Å². The first-order chi connectivity index (χ1) is 13.0. The van der Waals surface area contributed by atoms with Gasteiger partial charge in [-0.3, -0.25) is 14.8 Å². The first-order valence-corrected chi connectivity index (χ1v) is 8.85. The van der Waals surface area contributed by atoms with Crippen molar-refractivity contribution in [2.75, 3.05) is 13.2 Å². The molecule has 0 fully saturated rings. The van der Waals surface area contributed by atoms with Crippen LogP contribution in [0, 0.1) is 5.41 Å². The molecule has 0 aliphatic rings. The smallest absolute Gasteiger partial charge is 0.252 e. The maximum Gasteiger partial charge on any atom is 0.252 e. The van der Waals surface area contributed by atoms with Crippen LogP contribution in [0.3, 0.4) is 0 Å². The largest absolute Gasteiger partial charge is 0.396 e. The lowest BCUT2D eigenvalue weighted by atomic mass is 9.94. The van der Waals surface area contributed by atoms with Gasteiger partial charge in [-0.25, -0.2) is 0 Å². The van der Waals surface area contributed by atoms with Crippen molar-refractivity contribution in [2.45, 2.75) is 13.8 Å². The number of pyridine rings is 2. The second-order valence-corrected chi connectivity index (χ2v) is 7.23. The van der Waals surface area contributed by atoms with Crippen molar-refractivity contribution in [3.05, 3.63) is 72.7 Å². The highest BCUT2D eigenvalue weighted by Crippen LogP contribution is 2.30.